The average molecular weight is 461 g/mol. The highest BCUT2D eigenvalue weighted by molar-refractivity contribution is 6.36. The molecule has 1 saturated carbocycles. The van der Waals surface area contributed by atoms with E-state index in [-0.39, 0.29) is 11.6 Å². The van der Waals surface area contributed by atoms with Crippen LogP contribution in [-0.2, 0) is 6.54 Å². The lowest BCUT2D eigenvalue weighted by Gasteiger charge is -2.26. The molecule has 0 aliphatic heterocycles. The lowest BCUT2D eigenvalue weighted by molar-refractivity contribution is 0.0936. The summed E-state index contributed by atoms with van der Waals surface area (Å²) in [5, 5.41) is 11.4. The van der Waals surface area contributed by atoms with E-state index in [2.05, 4.69) is 43.4 Å². The zero-order valence-electron chi connectivity index (χ0n) is 20.0. The predicted molar refractivity (Wildman–Crippen MR) is 132 cm³/mol. The minimum Gasteiger partial charge on any atom is -0.496 e. The Balaban J connectivity index is 1.86. The number of ether oxygens (including phenoxy) is 1. The third-order valence-corrected chi connectivity index (χ3v) is 6.50. The van der Waals surface area contributed by atoms with Gasteiger partial charge in [0.05, 0.1) is 17.8 Å². The fourth-order valence-corrected chi connectivity index (χ4v) is 4.70. The number of rotatable bonds is 9. The van der Waals surface area contributed by atoms with Crippen LogP contribution in [0.3, 0.4) is 0 Å². The zero-order chi connectivity index (χ0) is 23.3. The highest BCUT2D eigenvalue weighted by atomic mass is 35.5. The summed E-state index contributed by atoms with van der Waals surface area (Å²) < 4.78 is 7.50. The topological polar surface area (TPSA) is 68.2 Å². The maximum absolute atomic E-state index is 13.0. The van der Waals surface area contributed by atoms with Crippen molar-refractivity contribution in [3.8, 4) is 17.0 Å². The Morgan fingerprint density at radius 3 is 2.62 bits per heavy atom. The van der Waals surface area contributed by atoms with E-state index in [0.29, 0.717) is 35.8 Å². The standard InChI is InChI=1S/C25H37ClN4O2/c1-6-13-30-24(20-12-11-19(28-16(2)3)14-21(20)32-5)22(26)23(29-30)25(31)27-15-18-9-7-17(4)8-10-18/h11-12,14,16-18,28H,6-10,13,15H2,1-5H3,(H,27,31). The number of nitrogens with zero attached hydrogens (tertiary/aromatic N) is 2. The van der Waals surface area contributed by atoms with Gasteiger partial charge in [0.15, 0.2) is 5.69 Å². The van der Waals surface area contributed by atoms with Gasteiger partial charge in [-0.1, -0.05) is 38.3 Å². The molecular formula is C25H37ClN4O2. The maximum atomic E-state index is 13.0. The Morgan fingerprint density at radius 1 is 1.28 bits per heavy atom. The number of aryl methyl sites for hydroxylation is 1. The van der Waals surface area contributed by atoms with Crippen LogP contribution in [0.4, 0.5) is 5.69 Å². The van der Waals surface area contributed by atoms with Crippen LogP contribution in [-0.4, -0.2) is 35.4 Å². The molecule has 176 valence electrons. The van der Waals surface area contributed by atoms with Gasteiger partial charge in [-0.05, 0) is 57.1 Å². The van der Waals surface area contributed by atoms with E-state index in [4.69, 9.17) is 16.3 Å². The quantitative estimate of drug-likeness (QED) is 0.481. The van der Waals surface area contributed by atoms with E-state index in [9.17, 15) is 4.79 Å². The minimum absolute atomic E-state index is 0.207. The minimum atomic E-state index is -0.207. The molecule has 0 atom stereocenters. The first kappa shape index (κ1) is 24.4. The van der Waals surface area contributed by atoms with E-state index in [1.54, 1.807) is 7.11 Å². The summed E-state index contributed by atoms with van der Waals surface area (Å²) in [4.78, 5) is 13.0. The molecule has 1 heterocycles. The second-order valence-electron chi connectivity index (χ2n) is 9.28. The number of carbonyl (C=O) groups is 1. The molecule has 1 aromatic heterocycles. The van der Waals surface area contributed by atoms with E-state index >= 15 is 0 Å². The first-order valence-electron chi connectivity index (χ1n) is 11.8. The molecule has 1 amide bonds. The van der Waals surface area contributed by atoms with Crippen molar-refractivity contribution in [2.24, 2.45) is 11.8 Å². The van der Waals surface area contributed by atoms with Gasteiger partial charge in [0.25, 0.3) is 5.91 Å². The molecular weight excluding hydrogens is 424 g/mol. The van der Waals surface area contributed by atoms with Gasteiger partial charge in [0, 0.05) is 36.4 Å². The Labute approximate surface area is 197 Å². The molecule has 1 fully saturated rings. The molecule has 0 radical (unpaired) electrons. The van der Waals surface area contributed by atoms with Gasteiger partial charge in [0.1, 0.15) is 5.75 Å². The van der Waals surface area contributed by atoms with Crippen molar-refractivity contribution < 1.29 is 9.53 Å². The number of hydrogen-bond acceptors (Lipinski definition) is 4. The number of halogens is 1. The summed E-state index contributed by atoms with van der Waals surface area (Å²) in [5.74, 6) is 1.81. The lowest BCUT2D eigenvalue weighted by Crippen LogP contribution is -2.31. The van der Waals surface area contributed by atoms with Crippen molar-refractivity contribution in [1.29, 1.82) is 0 Å². The van der Waals surface area contributed by atoms with Crippen LogP contribution in [0.25, 0.3) is 11.3 Å². The fraction of sp³-hybridized carbons (Fsp3) is 0.600. The van der Waals surface area contributed by atoms with Crippen molar-refractivity contribution in [1.82, 2.24) is 15.1 Å². The molecule has 6 nitrogen and oxygen atoms in total. The van der Waals surface area contributed by atoms with Crippen LogP contribution >= 0.6 is 11.6 Å². The van der Waals surface area contributed by atoms with Crippen molar-refractivity contribution in [2.45, 2.75) is 72.4 Å². The van der Waals surface area contributed by atoms with Gasteiger partial charge < -0.3 is 15.4 Å². The zero-order valence-corrected chi connectivity index (χ0v) is 20.8. The first-order chi connectivity index (χ1) is 15.3. The van der Waals surface area contributed by atoms with Crippen molar-refractivity contribution in [3.05, 3.63) is 28.9 Å². The van der Waals surface area contributed by atoms with Crippen LogP contribution in [0.5, 0.6) is 5.75 Å². The predicted octanol–water partition coefficient (Wildman–Crippen LogP) is 6.00. The van der Waals surface area contributed by atoms with Gasteiger partial charge in [-0.3, -0.25) is 9.48 Å². The average Bonchev–Trinajstić information content (AvgIpc) is 3.08. The molecule has 0 saturated heterocycles. The summed E-state index contributed by atoms with van der Waals surface area (Å²) in [6.45, 7) is 9.90. The van der Waals surface area contributed by atoms with E-state index in [1.165, 1.54) is 25.7 Å². The smallest absolute Gasteiger partial charge is 0.273 e. The summed E-state index contributed by atoms with van der Waals surface area (Å²) >= 11 is 6.77. The molecule has 1 aliphatic rings. The summed E-state index contributed by atoms with van der Waals surface area (Å²) in [7, 11) is 1.64. The number of amides is 1. The molecule has 32 heavy (non-hydrogen) atoms. The molecule has 3 rings (SSSR count). The van der Waals surface area contributed by atoms with Crippen molar-refractivity contribution >= 4 is 23.2 Å². The van der Waals surface area contributed by atoms with Crippen LogP contribution < -0.4 is 15.4 Å². The summed E-state index contributed by atoms with van der Waals surface area (Å²) in [5.41, 5.74) is 2.80. The Kier molecular flexibility index (Phi) is 8.46. The lowest BCUT2D eigenvalue weighted by atomic mass is 9.83. The third-order valence-electron chi connectivity index (χ3n) is 6.14. The van der Waals surface area contributed by atoms with E-state index in [0.717, 1.165) is 29.3 Å². The monoisotopic (exact) mass is 460 g/mol. The number of nitrogens with one attached hydrogen (secondary N) is 2. The van der Waals surface area contributed by atoms with Gasteiger partial charge in [-0.25, -0.2) is 0 Å². The number of hydrogen-bond donors (Lipinski definition) is 2. The summed E-state index contributed by atoms with van der Waals surface area (Å²) in [6, 6.07) is 6.24. The highest BCUT2D eigenvalue weighted by Gasteiger charge is 2.26. The van der Waals surface area contributed by atoms with Gasteiger partial charge in [-0.15, -0.1) is 0 Å². The van der Waals surface area contributed by atoms with Crippen LogP contribution in [0.1, 0.15) is 70.3 Å². The number of aromatic nitrogens is 2. The highest BCUT2D eigenvalue weighted by Crippen LogP contribution is 2.38. The van der Waals surface area contributed by atoms with Crippen molar-refractivity contribution in [2.75, 3.05) is 19.0 Å². The Bertz CT molecular complexity index is 917. The molecule has 2 aromatic rings. The van der Waals surface area contributed by atoms with Gasteiger partial charge >= 0.3 is 0 Å². The first-order valence-corrected chi connectivity index (χ1v) is 12.2. The second-order valence-corrected chi connectivity index (χ2v) is 9.66. The largest absolute Gasteiger partial charge is 0.496 e. The Morgan fingerprint density at radius 2 is 2.00 bits per heavy atom. The normalized spacial score (nSPS) is 18.6. The number of carbonyl (C=O) groups excluding carboxylic acids is 1. The molecule has 0 spiro atoms. The third kappa shape index (κ3) is 5.77. The fourth-order valence-electron chi connectivity index (χ4n) is 4.38. The maximum Gasteiger partial charge on any atom is 0.273 e. The molecule has 7 heteroatoms. The molecule has 1 aromatic carbocycles. The number of benzene rings is 1. The molecule has 1 aliphatic carbocycles. The van der Waals surface area contributed by atoms with Gasteiger partial charge in [0.2, 0.25) is 0 Å². The Hall–Kier alpha value is -2.21. The van der Waals surface area contributed by atoms with Crippen LogP contribution in [0, 0.1) is 11.8 Å². The molecule has 0 unspecified atom stereocenters. The summed E-state index contributed by atoms with van der Waals surface area (Å²) in [6.07, 6.45) is 5.68. The van der Waals surface area contributed by atoms with Gasteiger partial charge in [-0.2, -0.15) is 5.10 Å². The van der Waals surface area contributed by atoms with Crippen LogP contribution in [0.2, 0.25) is 5.02 Å². The number of methoxy groups -OCH3 is 1. The van der Waals surface area contributed by atoms with E-state index < -0.39 is 0 Å². The van der Waals surface area contributed by atoms with Crippen LogP contribution in [0.15, 0.2) is 18.2 Å². The van der Waals surface area contributed by atoms with Crippen molar-refractivity contribution in [3.63, 3.8) is 0 Å². The molecule has 2 N–H and O–H groups in total. The second kappa shape index (κ2) is 11.1. The number of anilines is 1. The van der Waals surface area contributed by atoms with E-state index in [1.807, 2.05) is 22.9 Å². The molecule has 0 bridgehead atoms. The SMILES string of the molecule is CCCn1nc(C(=O)NCC2CCC(C)CC2)c(Cl)c1-c1ccc(NC(C)C)cc1OC.